The van der Waals surface area contributed by atoms with Crippen LogP contribution in [0.25, 0.3) is 0 Å². The van der Waals surface area contributed by atoms with Gasteiger partial charge < -0.3 is 14.2 Å². The number of rotatable bonds is 41. The Hall–Kier alpha value is -3.93. The van der Waals surface area contributed by atoms with Crippen molar-refractivity contribution < 1.29 is 28.6 Å². The van der Waals surface area contributed by atoms with Crippen LogP contribution in [-0.4, -0.2) is 37.2 Å². The average molecular weight is 831 g/mol. The van der Waals surface area contributed by atoms with Gasteiger partial charge >= 0.3 is 17.9 Å². The maximum atomic E-state index is 12.8. The summed E-state index contributed by atoms with van der Waals surface area (Å²) in [6, 6.07) is 0. The molecule has 60 heavy (non-hydrogen) atoms. The Morgan fingerprint density at radius 3 is 0.917 bits per heavy atom. The van der Waals surface area contributed by atoms with Crippen molar-refractivity contribution >= 4 is 17.9 Å². The molecule has 0 rings (SSSR count). The number of hydrogen-bond acceptors (Lipinski definition) is 6. The molecule has 0 spiro atoms. The summed E-state index contributed by atoms with van der Waals surface area (Å²) in [6.07, 6.45) is 63.4. The van der Waals surface area contributed by atoms with Crippen LogP contribution in [0.2, 0.25) is 0 Å². The highest BCUT2D eigenvalue weighted by Gasteiger charge is 2.19. The molecule has 0 bridgehead atoms. The van der Waals surface area contributed by atoms with E-state index >= 15 is 0 Å². The van der Waals surface area contributed by atoms with E-state index in [2.05, 4.69) is 130 Å². The Morgan fingerprint density at radius 1 is 0.333 bits per heavy atom. The first-order valence-electron chi connectivity index (χ1n) is 24.0. The highest BCUT2D eigenvalue weighted by atomic mass is 16.6. The molecule has 0 aromatic heterocycles. The Balaban J connectivity index is 4.52. The molecule has 0 atom stereocenters. The first-order valence-corrected chi connectivity index (χ1v) is 24.0. The molecule has 338 valence electrons. The number of allylic oxidation sites excluding steroid dienone is 18. The fourth-order valence-electron chi connectivity index (χ4n) is 6.00. The minimum Gasteiger partial charge on any atom is -0.462 e. The first kappa shape index (κ1) is 56.1. The lowest BCUT2D eigenvalue weighted by atomic mass is 10.1. The third kappa shape index (κ3) is 45.2. The SMILES string of the molecule is CCC/C=C/C=C/C=C/CCCCCCCC(=O)OCC(COC(=O)CCCCCCC/C=C/C=C/C=C/CCC)OC(=O)CCCCCCC/C=C/C=C/C=C/CCC. The minimum atomic E-state index is -0.807. The molecular formula is C54H86O6. The van der Waals surface area contributed by atoms with Crippen LogP contribution in [0.3, 0.4) is 0 Å². The van der Waals surface area contributed by atoms with Crippen LogP contribution < -0.4 is 0 Å². The molecule has 0 saturated carbocycles. The zero-order chi connectivity index (χ0) is 43.7. The van der Waals surface area contributed by atoms with E-state index in [1.807, 2.05) is 0 Å². The fourth-order valence-corrected chi connectivity index (χ4v) is 6.00. The monoisotopic (exact) mass is 831 g/mol. The van der Waals surface area contributed by atoms with Crippen LogP contribution >= 0.6 is 0 Å². The zero-order valence-electron chi connectivity index (χ0n) is 38.4. The summed E-state index contributed by atoms with van der Waals surface area (Å²) in [5, 5.41) is 0. The van der Waals surface area contributed by atoms with Gasteiger partial charge in [-0.1, -0.05) is 207 Å². The van der Waals surface area contributed by atoms with Gasteiger partial charge in [0.25, 0.3) is 0 Å². The second-order valence-electron chi connectivity index (χ2n) is 15.5. The van der Waals surface area contributed by atoms with Crippen molar-refractivity contribution in [3.63, 3.8) is 0 Å². The standard InChI is InChI=1S/C54H86O6/c1-4-7-10-13-16-19-22-25-28-31-34-37-40-43-46-52(55)58-49-51(60-54(57)48-45-42-39-36-33-30-27-24-21-18-15-12-9-6-3)50-59-53(56)47-44-41-38-35-32-29-26-23-20-17-14-11-8-5-2/h10-27,51H,4-9,28-50H2,1-3H3/b13-10+,14-11+,15-12+,19-16+,20-17+,21-18+,25-22+,26-23+,27-24+. The predicted octanol–water partition coefficient (Wildman–Crippen LogP) is 15.6. The van der Waals surface area contributed by atoms with Gasteiger partial charge in [-0.2, -0.15) is 0 Å². The number of carbonyl (C=O) groups excluding carboxylic acids is 3. The number of hydrogen-bond donors (Lipinski definition) is 0. The summed E-state index contributed by atoms with van der Waals surface area (Å²) in [5.41, 5.74) is 0. The topological polar surface area (TPSA) is 78.9 Å². The molecule has 0 heterocycles. The van der Waals surface area contributed by atoms with Crippen molar-refractivity contribution in [1.82, 2.24) is 0 Å². The fraction of sp³-hybridized carbons (Fsp3) is 0.611. The summed E-state index contributed by atoms with van der Waals surface area (Å²) >= 11 is 0. The van der Waals surface area contributed by atoms with Gasteiger partial charge in [0.2, 0.25) is 0 Å². The second-order valence-corrected chi connectivity index (χ2v) is 15.5. The normalized spacial score (nSPS) is 12.6. The number of ether oxygens (including phenoxy) is 3. The van der Waals surface area contributed by atoms with Crippen molar-refractivity contribution in [1.29, 1.82) is 0 Å². The highest BCUT2D eigenvalue weighted by Crippen LogP contribution is 2.13. The molecule has 0 aliphatic rings. The Morgan fingerprint density at radius 2 is 0.600 bits per heavy atom. The molecule has 0 amide bonds. The molecule has 0 N–H and O–H groups in total. The lowest BCUT2D eigenvalue weighted by Gasteiger charge is -2.18. The van der Waals surface area contributed by atoms with Gasteiger partial charge in [0.15, 0.2) is 6.10 Å². The van der Waals surface area contributed by atoms with Gasteiger partial charge in [0.05, 0.1) is 0 Å². The number of unbranched alkanes of at least 4 members (excludes halogenated alkanes) is 18. The molecular weight excluding hydrogens is 745 g/mol. The van der Waals surface area contributed by atoms with Gasteiger partial charge in [0.1, 0.15) is 13.2 Å². The second kappa shape index (κ2) is 47.7. The number of esters is 3. The largest absolute Gasteiger partial charge is 0.462 e. The van der Waals surface area contributed by atoms with E-state index in [1.54, 1.807) is 0 Å². The van der Waals surface area contributed by atoms with Crippen molar-refractivity contribution in [2.75, 3.05) is 13.2 Å². The van der Waals surface area contributed by atoms with E-state index in [1.165, 1.54) is 19.3 Å². The predicted molar refractivity (Wildman–Crippen MR) is 256 cm³/mol. The summed E-state index contributed by atoms with van der Waals surface area (Å²) < 4.78 is 16.7. The van der Waals surface area contributed by atoms with Gasteiger partial charge in [-0.3, -0.25) is 14.4 Å². The molecule has 6 nitrogen and oxygen atoms in total. The van der Waals surface area contributed by atoms with Crippen LogP contribution in [0.4, 0.5) is 0 Å². The third-order valence-corrected chi connectivity index (χ3v) is 9.60. The summed E-state index contributed by atoms with van der Waals surface area (Å²) in [5.74, 6) is -0.975. The third-order valence-electron chi connectivity index (χ3n) is 9.60. The van der Waals surface area contributed by atoms with Crippen molar-refractivity contribution in [2.45, 2.75) is 200 Å². The van der Waals surface area contributed by atoms with E-state index in [-0.39, 0.29) is 31.1 Å². The van der Waals surface area contributed by atoms with Crippen LogP contribution in [0.5, 0.6) is 0 Å². The Labute approximate surface area is 368 Å². The summed E-state index contributed by atoms with van der Waals surface area (Å²) in [7, 11) is 0. The number of carbonyl (C=O) groups is 3. The molecule has 0 fully saturated rings. The minimum absolute atomic E-state index is 0.107. The van der Waals surface area contributed by atoms with Crippen molar-refractivity contribution in [2.24, 2.45) is 0 Å². The molecule has 0 radical (unpaired) electrons. The lowest BCUT2D eigenvalue weighted by Crippen LogP contribution is -2.30. The molecule has 0 unspecified atom stereocenters. The van der Waals surface area contributed by atoms with E-state index in [0.29, 0.717) is 19.3 Å². The quantitative estimate of drug-likeness (QED) is 0.0264. The highest BCUT2D eigenvalue weighted by molar-refractivity contribution is 5.71. The van der Waals surface area contributed by atoms with Gasteiger partial charge in [0, 0.05) is 19.3 Å². The molecule has 0 aromatic rings. The molecule has 6 heteroatoms. The van der Waals surface area contributed by atoms with Crippen LogP contribution in [0, 0.1) is 0 Å². The molecule has 0 aromatic carbocycles. The van der Waals surface area contributed by atoms with Crippen LogP contribution in [0.1, 0.15) is 194 Å². The lowest BCUT2D eigenvalue weighted by molar-refractivity contribution is -0.167. The first-order chi connectivity index (χ1) is 29.5. The van der Waals surface area contributed by atoms with Crippen LogP contribution in [-0.2, 0) is 28.6 Å². The summed E-state index contributed by atoms with van der Waals surface area (Å²) in [6.45, 7) is 6.32. The zero-order valence-corrected chi connectivity index (χ0v) is 38.4. The van der Waals surface area contributed by atoms with Gasteiger partial charge in [-0.25, -0.2) is 0 Å². The Bertz CT molecular complexity index is 1210. The van der Waals surface area contributed by atoms with E-state index in [4.69, 9.17) is 14.2 Å². The molecule has 0 saturated heterocycles. The van der Waals surface area contributed by atoms with Crippen molar-refractivity contribution in [3.8, 4) is 0 Å². The summed E-state index contributed by atoms with van der Waals surface area (Å²) in [4.78, 5) is 37.9. The smallest absolute Gasteiger partial charge is 0.306 e. The van der Waals surface area contributed by atoms with E-state index in [0.717, 1.165) is 135 Å². The molecule has 0 aliphatic carbocycles. The maximum Gasteiger partial charge on any atom is 0.306 e. The Kier molecular flexibility index (Phi) is 44.6. The average Bonchev–Trinajstić information content (AvgIpc) is 3.24. The van der Waals surface area contributed by atoms with Gasteiger partial charge in [-0.15, -0.1) is 0 Å². The maximum absolute atomic E-state index is 12.8. The van der Waals surface area contributed by atoms with Crippen LogP contribution in [0.15, 0.2) is 109 Å². The van der Waals surface area contributed by atoms with E-state index in [9.17, 15) is 14.4 Å². The van der Waals surface area contributed by atoms with Gasteiger partial charge in [-0.05, 0) is 77.0 Å². The van der Waals surface area contributed by atoms with Crippen molar-refractivity contribution in [3.05, 3.63) is 109 Å². The van der Waals surface area contributed by atoms with E-state index < -0.39 is 6.10 Å². The molecule has 0 aliphatic heterocycles.